The van der Waals surface area contributed by atoms with E-state index in [-0.39, 0.29) is 17.6 Å². The molecule has 0 aliphatic carbocycles. The average Bonchev–Trinajstić information content (AvgIpc) is 3.66. The van der Waals surface area contributed by atoms with E-state index in [9.17, 15) is 8.42 Å². The van der Waals surface area contributed by atoms with Gasteiger partial charge in [-0.15, -0.1) is 11.3 Å². The van der Waals surface area contributed by atoms with Gasteiger partial charge in [-0.2, -0.15) is 8.42 Å². The van der Waals surface area contributed by atoms with E-state index in [1.54, 1.807) is 30.3 Å². The third-order valence-electron chi connectivity index (χ3n) is 7.21. The van der Waals surface area contributed by atoms with E-state index < -0.39 is 10.0 Å². The van der Waals surface area contributed by atoms with Crippen LogP contribution >= 0.6 is 11.3 Å². The second-order valence-electron chi connectivity index (χ2n) is 9.76. The number of hydrogen-bond donors (Lipinski definition) is 1. The Kier molecular flexibility index (Phi) is 8.15. The Labute approximate surface area is 234 Å². The number of rotatable bonds is 10. The van der Waals surface area contributed by atoms with Gasteiger partial charge in [-0.05, 0) is 55.2 Å². The van der Waals surface area contributed by atoms with Crippen LogP contribution in [0, 0.1) is 6.92 Å². The number of methoxy groups -OCH3 is 1. The van der Waals surface area contributed by atoms with Crippen LogP contribution in [0.2, 0.25) is 0 Å². The molecule has 1 saturated heterocycles. The molecule has 0 saturated carbocycles. The van der Waals surface area contributed by atoms with Crippen molar-refractivity contribution in [3.8, 4) is 5.75 Å². The third-order valence-corrected chi connectivity index (χ3v) is 9.43. The Morgan fingerprint density at radius 3 is 2.59 bits per heavy atom. The van der Waals surface area contributed by atoms with Crippen molar-refractivity contribution in [2.75, 3.05) is 29.8 Å². The summed E-state index contributed by atoms with van der Waals surface area (Å²) in [5.41, 5.74) is 5.44. The molecule has 1 N–H and O–H groups in total. The highest BCUT2D eigenvalue weighted by atomic mass is 32.2. The molecule has 0 unspecified atom stereocenters. The van der Waals surface area contributed by atoms with Gasteiger partial charge in [0, 0.05) is 30.6 Å². The lowest BCUT2D eigenvalue weighted by molar-refractivity contribution is 0.261. The molecule has 204 valence electrons. The van der Waals surface area contributed by atoms with Crippen LogP contribution in [-0.4, -0.2) is 49.5 Å². The van der Waals surface area contributed by atoms with Gasteiger partial charge in [0.25, 0.3) is 10.0 Å². The number of nitrogens with one attached hydrogen (secondary N) is 1. The minimum Gasteiger partial charge on any atom is -0.497 e. The zero-order chi connectivity index (χ0) is 27.4. The first kappa shape index (κ1) is 27.1. The number of thiazole rings is 1. The van der Waals surface area contributed by atoms with Crippen molar-refractivity contribution in [3.05, 3.63) is 94.4 Å². The Morgan fingerprint density at radius 1 is 1.15 bits per heavy atom. The van der Waals surface area contributed by atoms with Gasteiger partial charge in [-0.3, -0.25) is 4.90 Å². The molecule has 2 aromatic heterocycles. The predicted molar refractivity (Wildman–Crippen MR) is 156 cm³/mol. The molecule has 2 aromatic carbocycles. The first-order chi connectivity index (χ1) is 18.8. The van der Waals surface area contributed by atoms with Crippen LogP contribution in [0.5, 0.6) is 5.75 Å². The number of ether oxygens (including phenoxy) is 1. The largest absolute Gasteiger partial charge is 0.497 e. The van der Waals surface area contributed by atoms with Crippen LogP contribution in [0.3, 0.4) is 0 Å². The minimum absolute atomic E-state index is 0.00203. The second-order valence-corrected chi connectivity index (χ2v) is 12.3. The topological polar surface area (TPSA) is 87.7 Å². The standard InChI is InChI=1S/C29H33N5O3S2/c1-21-15-29(30-16-27(21)32-25-13-14-33(18-25)22(2)24-7-5-4-6-8-24)39(35,36)34(28-19-38-20-31-28)17-23-9-11-26(37-3)12-10-23/h4-12,15-16,19-20,22,25,32H,13-14,17-18H2,1-3H3/t22-,25+/m1/s1. The molecule has 10 heteroatoms. The van der Waals surface area contributed by atoms with E-state index in [0.717, 1.165) is 36.3 Å². The van der Waals surface area contributed by atoms with Gasteiger partial charge in [0.05, 0.1) is 31.0 Å². The number of aryl methyl sites for hydroxylation is 1. The number of anilines is 2. The van der Waals surface area contributed by atoms with Gasteiger partial charge in [0.2, 0.25) is 0 Å². The van der Waals surface area contributed by atoms with Crippen molar-refractivity contribution in [3.63, 3.8) is 0 Å². The normalized spacial score (nSPS) is 16.6. The van der Waals surface area contributed by atoms with Crippen LogP contribution in [0.25, 0.3) is 0 Å². The van der Waals surface area contributed by atoms with E-state index in [1.807, 2.05) is 37.3 Å². The van der Waals surface area contributed by atoms with Crippen LogP contribution < -0.4 is 14.4 Å². The van der Waals surface area contributed by atoms with E-state index in [2.05, 4.69) is 51.4 Å². The minimum atomic E-state index is -3.96. The van der Waals surface area contributed by atoms with Gasteiger partial charge in [0.1, 0.15) is 5.75 Å². The van der Waals surface area contributed by atoms with Gasteiger partial charge in [0.15, 0.2) is 10.8 Å². The molecule has 1 aliphatic rings. The summed E-state index contributed by atoms with van der Waals surface area (Å²) in [6.45, 7) is 6.20. The summed E-state index contributed by atoms with van der Waals surface area (Å²) in [6.07, 6.45) is 2.65. The number of hydrogen-bond acceptors (Lipinski definition) is 8. The SMILES string of the molecule is COc1ccc(CN(c2cscn2)S(=O)(=O)c2cc(C)c(N[C@H]3CCN([C@H](C)c4ccccc4)C3)cn2)cc1. The number of aromatic nitrogens is 2. The highest BCUT2D eigenvalue weighted by Gasteiger charge is 2.30. The highest BCUT2D eigenvalue weighted by molar-refractivity contribution is 7.92. The molecule has 0 bridgehead atoms. The lowest BCUT2D eigenvalue weighted by Crippen LogP contribution is -2.32. The summed E-state index contributed by atoms with van der Waals surface area (Å²) in [6, 6.07) is 20.1. The quantitative estimate of drug-likeness (QED) is 0.273. The monoisotopic (exact) mass is 563 g/mol. The van der Waals surface area contributed by atoms with Crippen LogP contribution in [0.4, 0.5) is 11.5 Å². The second kappa shape index (κ2) is 11.7. The lowest BCUT2D eigenvalue weighted by Gasteiger charge is -2.25. The molecule has 1 aliphatic heterocycles. The molecular weight excluding hydrogens is 530 g/mol. The fraction of sp³-hybridized carbons (Fsp3) is 0.310. The third kappa shape index (κ3) is 6.08. The van der Waals surface area contributed by atoms with Crippen molar-refractivity contribution in [2.24, 2.45) is 0 Å². The fourth-order valence-electron chi connectivity index (χ4n) is 4.87. The van der Waals surface area contributed by atoms with Gasteiger partial charge in [-0.25, -0.2) is 14.3 Å². The van der Waals surface area contributed by atoms with Crippen molar-refractivity contribution in [2.45, 2.75) is 43.9 Å². The smallest absolute Gasteiger partial charge is 0.283 e. The first-order valence-corrected chi connectivity index (χ1v) is 15.3. The summed E-state index contributed by atoms with van der Waals surface area (Å²) < 4.78 is 34.1. The fourth-order valence-corrected chi connectivity index (χ4v) is 6.88. The molecule has 39 heavy (non-hydrogen) atoms. The molecule has 2 atom stereocenters. The van der Waals surface area contributed by atoms with Gasteiger partial charge < -0.3 is 10.1 Å². The first-order valence-electron chi connectivity index (χ1n) is 12.9. The van der Waals surface area contributed by atoms with E-state index in [4.69, 9.17) is 4.74 Å². The predicted octanol–water partition coefficient (Wildman–Crippen LogP) is 5.50. The Hall–Kier alpha value is -3.47. The van der Waals surface area contributed by atoms with Crippen molar-refractivity contribution in [1.82, 2.24) is 14.9 Å². The van der Waals surface area contributed by atoms with Crippen molar-refractivity contribution >= 4 is 32.9 Å². The maximum Gasteiger partial charge on any atom is 0.283 e. The molecule has 4 aromatic rings. The molecule has 0 amide bonds. The molecule has 0 spiro atoms. The molecular formula is C29H33N5O3S2. The van der Waals surface area contributed by atoms with Gasteiger partial charge >= 0.3 is 0 Å². The maximum absolute atomic E-state index is 13.8. The summed E-state index contributed by atoms with van der Waals surface area (Å²) in [7, 11) is -2.36. The molecule has 3 heterocycles. The van der Waals surface area contributed by atoms with Gasteiger partial charge in [-0.1, -0.05) is 42.5 Å². The lowest BCUT2D eigenvalue weighted by atomic mass is 10.1. The van der Waals surface area contributed by atoms with Crippen LogP contribution in [0.15, 0.2) is 82.8 Å². The highest BCUT2D eigenvalue weighted by Crippen LogP contribution is 2.29. The van der Waals surface area contributed by atoms with Crippen molar-refractivity contribution in [1.29, 1.82) is 0 Å². The Balaban J connectivity index is 1.31. The zero-order valence-electron chi connectivity index (χ0n) is 22.3. The number of pyridine rings is 1. The summed E-state index contributed by atoms with van der Waals surface area (Å²) >= 11 is 1.35. The van der Waals surface area contributed by atoms with E-state index >= 15 is 0 Å². The average molecular weight is 564 g/mol. The molecule has 5 rings (SSSR count). The van der Waals surface area contributed by atoms with E-state index in [0.29, 0.717) is 17.6 Å². The molecule has 8 nitrogen and oxygen atoms in total. The summed E-state index contributed by atoms with van der Waals surface area (Å²) in [5, 5.41) is 5.32. The summed E-state index contributed by atoms with van der Waals surface area (Å²) in [4.78, 5) is 11.2. The number of benzene rings is 2. The maximum atomic E-state index is 13.8. The number of likely N-dealkylation sites (tertiary alicyclic amines) is 1. The summed E-state index contributed by atoms with van der Waals surface area (Å²) in [5.74, 6) is 1.08. The molecule has 1 fully saturated rings. The Bertz CT molecular complexity index is 1480. The number of nitrogens with zero attached hydrogens (tertiary/aromatic N) is 4. The van der Waals surface area contributed by atoms with E-state index in [1.165, 1.54) is 21.2 Å². The van der Waals surface area contributed by atoms with Crippen LogP contribution in [0.1, 0.15) is 36.1 Å². The number of sulfonamides is 1. The zero-order valence-corrected chi connectivity index (χ0v) is 24.0. The van der Waals surface area contributed by atoms with Crippen LogP contribution in [-0.2, 0) is 16.6 Å². The molecule has 0 radical (unpaired) electrons. The van der Waals surface area contributed by atoms with Crippen molar-refractivity contribution < 1.29 is 13.2 Å². The Morgan fingerprint density at radius 2 is 1.92 bits per heavy atom.